The average Bonchev–Trinajstić information content (AvgIpc) is 3.21. The summed E-state index contributed by atoms with van der Waals surface area (Å²) in [6.07, 6.45) is 1.01. The van der Waals surface area contributed by atoms with Crippen molar-refractivity contribution >= 4 is 22.7 Å². The molecule has 1 fully saturated rings. The largest absolute Gasteiger partial charge is 0.426 e. The van der Waals surface area contributed by atoms with Crippen LogP contribution in [0.4, 0.5) is 5.69 Å². The SMILES string of the molecule is CCCC(=O)n1c(=O)oc2c(N3CCN(Cc4cccc(-c5ccccc5)c4)CC3)cccc21. The Labute approximate surface area is 199 Å². The molecule has 6 nitrogen and oxygen atoms in total. The smallest absolute Gasteiger partial charge is 0.405 e. The summed E-state index contributed by atoms with van der Waals surface area (Å²) in [4.78, 5) is 29.6. The Balaban J connectivity index is 1.29. The molecule has 0 atom stereocenters. The van der Waals surface area contributed by atoms with Crippen molar-refractivity contribution in [3.05, 3.63) is 88.9 Å². The second-order valence-corrected chi connectivity index (χ2v) is 8.80. The molecule has 3 aromatic carbocycles. The number of benzene rings is 3. The van der Waals surface area contributed by atoms with Crippen molar-refractivity contribution in [2.45, 2.75) is 26.3 Å². The lowest BCUT2D eigenvalue weighted by atomic mass is 10.0. The maximum Gasteiger partial charge on any atom is 0.426 e. The summed E-state index contributed by atoms with van der Waals surface area (Å²) in [6, 6.07) is 24.8. The van der Waals surface area contributed by atoms with E-state index in [-0.39, 0.29) is 5.91 Å². The minimum absolute atomic E-state index is 0.217. The van der Waals surface area contributed by atoms with E-state index in [1.807, 2.05) is 25.1 Å². The van der Waals surface area contributed by atoms with Gasteiger partial charge in [0, 0.05) is 39.1 Å². The highest BCUT2D eigenvalue weighted by atomic mass is 16.4. The van der Waals surface area contributed by atoms with Crippen molar-refractivity contribution < 1.29 is 9.21 Å². The number of piperazine rings is 1. The first kappa shape index (κ1) is 22.2. The third-order valence-electron chi connectivity index (χ3n) is 6.45. The van der Waals surface area contributed by atoms with E-state index in [1.165, 1.54) is 21.3 Å². The molecule has 0 saturated carbocycles. The molecule has 0 bridgehead atoms. The molecule has 1 aliphatic rings. The number of oxazole rings is 1. The molecule has 0 aliphatic carbocycles. The fourth-order valence-electron chi connectivity index (χ4n) is 4.72. The number of para-hydroxylation sites is 1. The second-order valence-electron chi connectivity index (χ2n) is 8.80. The molecule has 1 saturated heterocycles. The summed E-state index contributed by atoms with van der Waals surface area (Å²) in [5, 5.41) is 0. The van der Waals surface area contributed by atoms with Crippen LogP contribution < -0.4 is 10.7 Å². The Morgan fingerprint density at radius 2 is 1.62 bits per heavy atom. The lowest BCUT2D eigenvalue weighted by molar-refractivity contribution is 0.0898. The molecule has 0 radical (unpaired) electrons. The maximum absolute atomic E-state index is 12.4. The third-order valence-corrected chi connectivity index (χ3v) is 6.45. The van der Waals surface area contributed by atoms with Gasteiger partial charge in [-0.3, -0.25) is 9.69 Å². The first-order valence-electron chi connectivity index (χ1n) is 11.9. The van der Waals surface area contributed by atoms with Crippen LogP contribution >= 0.6 is 0 Å². The van der Waals surface area contributed by atoms with Gasteiger partial charge in [0.25, 0.3) is 0 Å². The molecule has 4 aromatic rings. The minimum Gasteiger partial charge on any atom is -0.405 e. The molecule has 2 heterocycles. The van der Waals surface area contributed by atoms with Crippen LogP contribution in [-0.2, 0) is 6.54 Å². The van der Waals surface area contributed by atoms with Crippen molar-refractivity contribution in [3.8, 4) is 11.1 Å². The molecule has 6 heteroatoms. The van der Waals surface area contributed by atoms with Gasteiger partial charge in [0.15, 0.2) is 5.58 Å². The summed E-state index contributed by atoms with van der Waals surface area (Å²) in [7, 11) is 0. The van der Waals surface area contributed by atoms with Gasteiger partial charge >= 0.3 is 5.76 Å². The van der Waals surface area contributed by atoms with E-state index in [1.54, 1.807) is 6.07 Å². The zero-order valence-electron chi connectivity index (χ0n) is 19.4. The molecule has 1 aromatic heterocycles. The molecule has 174 valence electrons. The van der Waals surface area contributed by atoms with E-state index in [9.17, 15) is 9.59 Å². The number of nitrogens with zero attached hydrogens (tertiary/aromatic N) is 3. The van der Waals surface area contributed by atoms with Gasteiger partial charge in [0.1, 0.15) is 5.52 Å². The van der Waals surface area contributed by atoms with Gasteiger partial charge in [0.05, 0.1) is 5.69 Å². The van der Waals surface area contributed by atoms with E-state index >= 15 is 0 Å². The van der Waals surface area contributed by atoms with Gasteiger partial charge in [-0.25, -0.2) is 9.36 Å². The fraction of sp³-hybridized carbons (Fsp3) is 0.286. The van der Waals surface area contributed by atoms with Crippen molar-refractivity contribution in [2.24, 2.45) is 0 Å². The normalized spacial score (nSPS) is 14.6. The van der Waals surface area contributed by atoms with Crippen molar-refractivity contribution in [2.75, 3.05) is 31.1 Å². The summed E-state index contributed by atoms with van der Waals surface area (Å²) in [6.45, 7) is 6.30. The number of fused-ring (bicyclic) bond motifs is 1. The van der Waals surface area contributed by atoms with Crippen molar-refractivity contribution in [1.82, 2.24) is 9.47 Å². The van der Waals surface area contributed by atoms with Gasteiger partial charge in [-0.1, -0.05) is 61.5 Å². The van der Waals surface area contributed by atoms with Gasteiger partial charge in [-0.15, -0.1) is 0 Å². The molecule has 0 unspecified atom stereocenters. The highest BCUT2D eigenvalue weighted by Crippen LogP contribution is 2.28. The van der Waals surface area contributed by atoms with E-state index in [0.29, 0.717) is 23.9 Å². The van der Waals surface area contributed by atoms with Crippen LogP contribution in [0.15, 0.2) is 82.0 Å². The zero-order chi connectivity index (χ0) is 23.5. The topological polar surface area (TPSA) is 58.7 Å². The molecule has 0 N–H and O–H groups in total. The summed E-state index contributed by atoms with van der Waals surface area (Å²) in [5.74, 6) is -0.816. The highest BCUT2D eigenvalue weighted by Gasteiger charge is 2.23. The standard InChI is InChI=1S/C28H29N3O3/c1-2-8-26(32)31-25-14-7-13-24(27(25)34-28(31)33)30-17-15-29(16-18-30)20-21-9-6-12-23(19-21)22-10-4-3-5-11-22/h3-7,9-14,19H,2,8,15-18,20H2,1H3. The predicted octanol–water partition coefficient (Wildman–Crippen LogP) is 5.02. The molecule has 5 rings (SSSR count). The zero-order valence-corrected chi connectivity index (χ0v) is 19.4. The maximum atomic E-state index is 12.4. The summed E-state index contributed by atoms with van der Waals surface area (Å²) < 4.78 is 6.74. The molecule has 0 spiro atoms. The lowest BCUT2D eigenvalue weighted by Gasteiger charge is -2.36. The van der Waals surface area contributed by atoms with Crippen LogP contribution in [0.5, 0.6) is 0 Å². The first-order chi connectivity index (χ1) is 16.6. The van der Waals surface area contributed by atoms with E-state index in [2.05, 4.69) is 58.3 Å². The Bertz CT molecular complexity index is 1350. The number of carbonyl (C=O) groups is 1. The monoisotopic (exact) mass is 455 g/mol. The molecular weight excluding hydrogens is 426 g/mol. The lowest BCUT2D eigenvalue weighted by Crippen LogP contribution is -2.46. The minimum atomic E-state index is -0.599. The summed E-state index contributed by atoms with van der Waals surface area (Å²) in [5.41, 5.74) is 5.70. The molecule has 34 heavy (non-hydrogen) atoms. The predicted molar refractivity (Wildman–Crippen MR) is 135 cm³/mol. The van der Waals surface area contributed by atoms with Crippen LogP contribution in [0.2, 0.25) is 0 Å². The number of rotatable bonds is 6. The first-order valence-corrected chi connectivity index (χ1v) is 11.9. The molecular formula is C28H29N3O3. The van der Waals surface area contributed by atoms with Crippen LogP contribution in [0, 0.1) is 0 Å². The number of hydrogen-bond donors (Lipinski definition) is 0. The van der Waals surface area contributed by atoms with Crippen molar-refractivity contribution in [1.29, 1.82) is 0 Å². The highest BCUT2D eigenvalue weighted by molar-refractivity contribution is 5.94. The van der Waals surface area contributed by atoms with Gasteiger partial charge in [-0.2, -0.15) is 0 Å². The fourth-order valence-corrected chi connectivity index (χ4v) is 4.72. The summed E-state index contributed by atoms with van der Waals surface area (Å²) >= 11 is 0. The van der Waals surface area contributed by atoms with Gasteiger partial charge < -0.3 is 9.32 Å². The quantitative estimate of drug-likeness (QED) is 0.408. The van der Waals surface area contributed by atoms with E-state index in [0.717, 1.165) is 38.4 Å². The van der Waals surface area contributed by atoms with Crippen LogP contribution in [0.25, 0.3) is 22.2 Å². The molecule has 1 aliphatic heterocycles. The molecule has 0 amide bonds. The van der Waals surface area contributed by atoms with Crippen LogP contribution in [0.3, 0.4) is 0 Å². The number of anilines is 1. The Morgan fingerprint density at radius 3 is 2.38 bits per heavy atom. The third kappa shape index (κ3) is 4.41. The van der Waals surface area contributed by atoms with Gasteiger partial charge in [0.2, 0.25) is 5.91 Å². The Morgan fingerprint density at radius 1 is 0.882 bits per heavy atom. The van der Waals surface area contributed by atoms with Crippen molar-refractivity contribution in [3.63, 3.8) is 0 Å². The van der Waals surface area contributed by atoms with E-state index < -0.39 is 5.76 Å². The average molecular weight is 456 g/mol. The van der Waals surface area contributed by atoms with Gasteiger partial charge in [-0.05, 0) is 41.3 Å². The number of aromatic nitrogens is 1. The second kappa shape index (κ2) is 9.69. The van der Waals surface area contributed by atoms with E-state index in [4.69, 9.17) is 4.42 Å². The Kier molecular flexibility index (Phi) is 6.32. The van der Waals surface area contributed by atoms with Crippen LogP contribution in [-0.4, -0.2) is 41.6 Å². The van der Waals surface area contributed by atoms with Crippen LogP contribution in [0.1, 0.15) is 30.1 Å². The Hall–Kier alpha value is -3.64. The number of hydrogen-bond acceptors (Lipinski definition) is 5. The number of carbonyl (C=O) groups excluding carboxylic acids is 1.